The van der Waals surface area contributed by atoms with E-state index in [1.807, 2.05) is 26.0 Å². The van der Waals surface area contributed by atoms with Gasteiger partial charge in [-0.3, -0.25) is 0 Å². The van der Waals surface area contributed by atoms with E-state index in [1.165, 1.54) is 5.56 Å². The third-order valence-electron chi connectivity index (χ3n) is 2.25. The molecule has 0 spiro atoms. The molecule has 0 fully saturated rings. The summed E-state index contributed by atoms with van der Waals surface area (Å²) in [6, 6.07) is 8.20. The Morgan fingerprint density at radius 1 is 1.11 bits per heavy atom. The summed E-state index contributed by atoms with van der Waals surface area (Å²) in [6.45, 7) is 6.16. The first-order valence-electron chi connectivity index (χ1n) is 6.31. The van der Waals surface area contributed by atoms with Crippen LogP contribution in [0.15, 0.2) is 41.6 Å². The average molecular weight is 267 g/mol. The molecule has 1 rings (SSSR count). The lowest BCUT2D eigenvalue weighted by Crippen LogP contribution is -1.96. The molecule has 0 aliphatic rings. The molecule has 0 aliphatic carbocycles. The van der Waals surface area contributed by atoms with Crippen LogP contribution in [0.3, 0.4) is 0 Å². The largest absolute Gasteiger partial charge is 0.398 e. The molecule has 1 aromatic carbocycles. The van der Waals surface area contributed by atoms with E-state index >= 15 is 0 Å². The van der Waals surface area contributed by atoms with Gasteiger partial charge in [0.1, 0.15) is 0 Å². The molecule has 0 unspecified atom stereocenters. The van der Waals surface area contributed by atoms with Crippen molar-refractivity contribution in [2.24, 2.45) is 11.5 Å². The first kappa shape index (κ1) is 16.6. The van der Waals surface area contributed by atoms with Crippen LogP contribution in [0, 0.1) is 0 Å². The quantitative estimate of drug-likeness (QED) is 0.639. The smallest absolute Gasteiger partial charge is 0.0992 e. The second kappa shape index (κ2) is 9.60. The van der Waals surface area contributed by atoms with Crippen molar-refractivity contribution < 1.29 is 0 Å². The number of allylic oxidation sites excluding steroid dienone is 2. The third kappa shape index (κ3) is 6.36. The number of hydrogen-bond acceptors (Lipinski definition) is 2. The molecule has 0 saturated carbocycles. The fourth-order valence-corrected chi connectivity index (χ4v) is 1.48. The molecule has 0 saturated heterocycles. The summed E-state index contributed by atoms with van der Waals surface area (Å²) in [6.07, 6.45) is 5.53. The van der Waals surface area contributed by atoms with Gasteiger partial charge in [0.15, 0.2) is 0 Å². The van der Waals surface area contributed by atoms with Gasteiger partial charge in [-0.05, 0) is 29.7 Å². The van der Waals surface area contributed by atoms with Crippen LogP contribution >= 0.6 is 11.6 Å². The molecule has 0 aliphatic heterocycles. The first-order chi connectivity index (χ1) is 8.63. The van der Waals surface area contributed by atoms with Crippen molar-refractivity contribution in [2.75, 3.05) is 0 Å². The molecular weight excluding hydrogens is 244 g/mol. The van der Waals surface area contributed by atoms with E-state index in [0.717, 1.165) is 18.4 Å². The maximum absolute atomic E-state index is 5.87. The van der Waals surface area contributed by atoms with E-state index in [9.17, 15) is 0 Å². The molecular formula is C15H23ClN2. The molecule has 100 valence electrons. The second-order valence-corrected chi connectivity index (χ2v) is 4.06. The molecule has 2 nitrogen and oxygen atoms in total. The number of aryl methyl sites for hydroxylation is 1. The number of nitrogens with two attached hydrogens (primary N) is 2. The van der Waals surface area contributed by atoms with Gasteiger partial charge in [0, 0.05) is 5.70 Å². The minimum absolute atomic E-state index is 0.227. The van der Waals surface area contributed by atoms with E-state index in [1.54, 1.807) is 12.2 Å². The number of halogens is 1. The lowest BCUT2D eigenvalue weighted by atomic mass is 10.1. The maximum Gasteiger partial charge on any atom is 0.0992 e. The van der Waals surface area contributed by atoms with Crippen molar-refractivity contribution >= 4 is 17.3 Å². The fraction of sp³-hybridized carbons (Fsp3) is 0.333. The van der Waals surface area contributed by atoms with Crippen LogP contribution in [0.4, 0.5) is 0 Å². The van der Waals surface area contributed by atoms with Gasteiger partial charge in [0.2, 0.25) is 0 Å². The monoisotopic (exact) mass is 266 g/mol. The van der Waals surface area contributed by atoms with Crippen molar-refractivity contribution in [1.29, 1.82) is 0 Å². The topological polar surface area (TPSA) is 52.0 Å². The summed E-state index contributed by atoms with van der Waals surface area (Å²) in [4.78, 5) is 0. The maximum atomic E-state index is 5.87. The molecule has 4 N–H and O–H groups in total. The molecule has 0 bridgehead atoms. The van der Waals surface area contributed by atoms with Crippen LogP contribution in [-0.4, -0.2) is 0 Å². The van der Waals surface area contributed by atoms with Gasteiger partial charge in [0.25, 0.3) is 0 Å². The van der Waals surface area contributed by atoms with Crippen LogP contribution < -0.4 is 11.5 Å². The number of benzene rings is 1. The van der Waals surface area contributed by atoms with E-state index < -0.39 is 0 Å². The van der Waals surface area contributed by atoms with Gasteiger partial charge in [-0.1, -0.05) is 63.1 Å². The van der Waals surface area contributed by atoms with Crippen LogP contribution in [0.2, 0.25) is 0 Å². The predicted octanol–water partition coefficient (Wildman–Crippen LogP) is 4.00. The Labute approximate surface area is 115 Å². The van der Waals surface area contributed by atoms with Gasteiger partial charge in [-0.15, -0.1) is 0 Å². The lowest BCUT2D eigenvalue weighted by Gasteiger charge is -2.03. The Kier molecular flexibility index (Phi) is 8.85. The molecule has 0 aromatic heterocycles. The summed E-state index contributed by atoms with van der Waals surface area (Å²) in [5.74, 6) is 0. The molecule has 0 radical (unpaired) electrons. The van der Waals surface area contributed by atoms with Gasteiger partial charge >= 0.3 is 0 Å². The average Bonchev–Trinajstić information content (AvgIpc) is 2.39. The van der Waals surface area contributed by atoms with Gasteiger partial charge in [0.05, 0.1) is 5.16 Å². The number of hydrogen-bond donors (Lipinski definition) is 2. The highest BCUT2D eigenvalue weighted by Gasteiger charge is 1.96. The predicted molar refractivity (Wildman–Crippen MR) is 82.1 cm³/mol. The Bertz CT molecular complexity index is 387. The van der Waals surface area contributed by atoms with Crippen molar-refractivity contribution in [1.82, 2.24) is 0 Å². The highest BCUT2D eigenvalue weighted by Crippen LogP contribution is 2.12. The molecule has 18 heavy (non-hydrogen) atoms. The van der Waals surface area contributed by atoms with Crippen molar-refractivity contribution in [3.05, 3.63) is 52.7 Å². The van der Waals surface area contributed by atoms with Crippen LogP contribution in [0.5, 0.6) is 0 Å². The first-order valence-corrected chi connectivity index (χ1v) is 6.69. The Morgan fingerprint density at radius 2 is 1.67 bits per heavy atom. The highest BCUT2D eigenvalue weighted by molar-refractivity contribution is 6.29. The summed E-state index contributed by atoms with van der Waals surface area (Å²) in [5, 5.41) is 0.227. The Morgan fingerprint density at radius 3 is 2.11 bits per heavy atom. The minimum atomic E-state index is 0.227. The van der Waals surface area contributed by atoms with E-state index in [-0.39, 0.29) is 5.16 Å². The third-order valence-corrected chi connectivity index (χ3v) is 2.37. The zero-order valence-corrected chi connectivity index (χ0v) is 12.2. The SMILES string of the molecule is CC.CCCc1ccc(/C(N)=C/C=C(\N)Cl)cc1. The Balaban J connectivity index is 0.00000137. The number of rotatable bonds is 4. The van der Waals surface area contributed by atoms with Gasteiger partial charge in [-0.25, -0.2) is 0 Å². The van der Waals surface area contributed by atoms with Crippen LogP contribution in [-0.2, 0) is 6.42 Å². The van der Waals surface area contributed by atoms with Crippen LogP contribution in [0.25, 0.3) is 5.70 Å². The summed E-state index contributed by atoms with van der Waals surface area (Å²) in [7, 11) is 0. The fourth-order valence-electron chi connectivity index (χ4n) is 1.42. The van der Waals surface area contributed by atoms with Crippen molar-refractivity contribution in [3.63, 3.8) is 0 Å². The van der Waals surface area contributed by atoms with Crippen molar-refractivity contribution in [3.8, 4) is 0 Å². The van der Waals surface area contributed by atoms with Crippen LogP contribution in [0.1, 0.15) is 38.3 Å². The molecule has 0 heterocycles. The van der Waals surface area contributed by atoms with E-state index in [2.05, 4.69) is 19.1 Å². The molecule has 0 atom stereocenters. The lowest BCUT2D eigenvalue weighted by molar-refractivity contribution is 0.921. The minimum Gasteiger partial charge on any atom is -0.398 e. The van der Waals surface area contributed by atoms with Crippen molar-refractivity contribution in [2.45, 2.75) is 33.6 Å². The molecule has 1 aromatic rings. The zero-order valence-electron chi connectivity index (χ0n) is 11.4. The summed E-state index contributed by atoms with van der Waals surface area (Å²) in [5.41, 5.74) is 14.1. The zero-order chi connectivity index (χ0) is 14.0. The van der Waals surface area contributed by atoms with Gasteiger partial charge < -0.3 is 11.5 Å². The molecule has 3 heteroatoms. The molecule has 0 amide bonds. The summed E-state index contributed by atoms with van der Waals surface area (Å²) < 4.78 is 0. The van der Waals surface area contributed by atoms with Gasteiger partial charge in [-0.2, -0.15) is 0 Å². The second-order valence-electron chi connectivity index (χ2n) is 3.62. The van der Waals surface area contributed by atoms with E-state index in [0.29, 0.717) is 5.70 Å². The normalized spacial score (nSPS) is 11.8. The van der Waals surface area contributed by atoms with E-state index in [4.69, 9.17) is 23.1 Å². The standard InChI is InChI=1S/C13H17ClN2.C2H6/c1-2-3-10-4-6-11(7-5-10)12(15)8-9-13(14)16;1-2/h4-9H,2-3,15-16H2,1H3;1-2H3/b12-8-,13-9-;. The summed E-state index contributed by atoms with van der Waals surface area (Å²) >= 11 is 5.51. The highest BCUT2D eigenvalue weighted by atomic mass is 35.5. The Hall–Kier alpha value is -1.41.